The Kier molecular flexibility index (Phi) is 4.78. The van der Waals surface area contributed by atoms with E-state index in [2.05, 4.69) is 15.3 Å². The number of benzene rings is 2. The fraction of sp³-hybridized carbons (Fsp3) is 0.182. The second-order valence-corrected chi connectivity index (χ2v) is 7.57. The highest BCUT2D eigenvalue weighted by Crippen LogP contribution is 2.31. The molecule has 4 aromatic rings. The first kappa shape index (κ1) is 19.4. The normalized spacial score (nSPS) is 12.0. The zero-order valence-electron chi connectivity index (χ0n) is 16.5. The minimum atomic E-state index is -0.500. The van der Waals surface area contributed by atoms with Crippen molar-refractivity contribution < 1.29 is 13.9 Å². The number of carbonyl (C=O) groups is 1. The summed E-state index contributed by atoms with van der Waals surface area (Å²) in [6, 6.07) is 11.9. The summed E-state index contributed by atoms with van der Waals surface area (Å²) in [6.07, 6.45) is 2.40. The zero-order valence-corrected chi connectivity index (χ0v) is 17.3. The molecular weight excluding hydrogens is 421 g/mol. The van der Waals surface area contributed by atoms with Crippen LogP contribution in [0.3, 0.4) is 0 Å². The van der Waals surface area contributed by atoms with Crippen LogP contribution in [0.1, 0.15) is 40.1 Å². The Hall–Kier alpha value is -3.52. The average Bonchev–Trinajstić information content (AvgIpc) is 3.32. The third kappa shape index (κ3) is 3.38. The predicted octanol–water partition coefficient (Wildman–Crippen LogP) is 3.92. The molecular formula is C22H17ClFN5O2. The summed E-state index contributed by atoms with van der Waals surface area (Å²) in [4.78, 5) is 16.8. The number of rotatable bonds is 4. The van der Waals surface area contributed by atoms with Crippen molar-refractivity contribution in [2.75, 3.05) is 6.61 Å². The van der Waals surface area contributed by atoms with Crippen LogP contribution in [0.2, 0.25) is 5.02 Å². The highest BCUT2D eigenvalue weighted by Gasteiger charge is 2.29. The van der Waals surface area contributed by atoms with Gasteiger partial charge in [0.2, 0.25) is 0 Å². The molecule has 1 aliphatic heterocycles. The smallest absolute Gasteiger partial charge is 0.358 e. The average molecular weight is 438 g/mol. The lowest BCUT2D eigenvalue weighted by Gasteiger charge is -2.09. The predicted molar refractivity (Wildman–Crippen MR) is 111 cm³/mol. The SMILES string of the molecule is CCOC(=O)c1ncn2c1Cc1c(Cc3ccc(Cl)cc3)nnn1-c1cc(F)ccc1-2. The number of ether oxygens (including phenoxy) is 1. The van der Waals surface area contributed by atoms with Crippen LogP contribution in [-0.2, 0) is 17.6 Å². The van der Waals surface area contributed by atoms with Crippen molar-refractivity contribution in [2.45, 2.75) is 19.8 Å². The van der Waals surface area contributed by atoms with E-state index in [1.54, 1.807) is 28.6 Å². The maximum absolute atomic E-state index is 14.1. The van der Waals surface area contributed by atoms with Crippen LogP contribution in [0.25, 0.3) is 11.4 Å². The third-order valence-electron chi connectivity index (χ3n) is 5.22. The molecule has 2 aromatic heterocycles. The van der Waals surface area contributed by atoms with E-state index in [1.807, 2.05) is 24.3 Å². The molecule has 0 aliphatic carbocycles. The Morgan fingerprint density at radius 3 is 2.74 bits per heavy atom. The Morgan fingerprint density at radius 1 is 1.16 bits per heavy atom. The molecule has 0 spiro atoms. The lowest BCUT2D eigenvalue weighted by molar-refractivity contribution is 0.0519. The van der Waals surface area contributed by atoms with E-state index in [0.29, 0.717) is 34.9 Å². The van der Waals surface area contributed by atoms with Crippen molar-refractivity contribution in [3.05, 3.63) is 88.0 Å². The Bertz CT molecular complexity index is 1300. The molecule has 5 rings (SSSR count). The van der Waals surface area contributed by atoms with Crippen molar-refractivity contribution in [1.29, 1.82) is 0 Å². The summed E-state index contributed by atoms with van der Waals surface area (Å²) >= 11 is 6.00. The van der Waals surface area contributed by atoms with E-state index in [1.165, 1.54) is 12.1 Å². The van der Waals surface area contributed by atoms with E-state index < -0.39 is 11.8 Å². The number of esters is 1. The maximum atomic E-state index is 14.1. The summed E-state index contributed by atoms with van der Waals surface area (Å²) in [7, 11) is 0. The summed E-state index contributed by atoms with van der Waals surface area (Å²) in [5.74, 6) is -0.895. The quantitative estimate of drug-likeness (QED) is 0.398. The molecule has 0 saturated carbocycles. The van der Waals surface area contributed by atoms with Crippen LogP contribution in [-0.4, -0.2) is 37.1 Å². The Balaban J connectivity index is 1.67. The molecule has 9 heteroatoms. The van der Waals surface area contributed by atoms with Gasteiger partial charge in [0.25, 0.3) is 0 Å². The third-order valence-corrected chi connectivity index (χ3v) is 5.48. The van der Waals surface area contributed by atoms with Gasteiger partial charge in [-0.1, -0.05) is 28.9 Å². The standard InChI is InChI=1S/C22H17ClFN5O2/c1-2-31-22(30)21-20-11-18-16(9-13-3-5-14(23)6-4-13)26-27-29(18)19-10-15(24)7-8-17(19)28(20)12-25-21/h3-8,10,12H,2,9,11H2,1H3. The largest absolute Gasteiger partial charge is 0.461 e. The highest BCUT2D eigenvalue weighted by atomic mass is 35.5. The van der Waals surface area contributed by atoms with Crippen LogP contribution in [0.5, 0.6) is 0 Å². The molecule has 31 heavy (non-hydrogen) atoms. The fourth-order valence-corrected chi connectivity index (χ4v) is 3.91. The molecule has 7 nitrogen and oxygen atoms in total. The van der Waals surface area contributed by atoms with Gasteiger partial charge in [-0.25, -0.2) is 18.9 Å². The van der Waals surface area contributed by atoms with Gasteiger partial charge in [0, 0.05) is 23.9 Å². The first-order chi connectivity index (χ1) is 15.0. The minimum Gasteiger partial charge on any atom is -0.461 e. The molecule has 0 unspecified atom stereocenters. The number of carbonyl (C=O) groups excluding carboxylic acids is 1. The molecule has 0 N–H and O–H groups in total. The van der Waals surface area contributed by atoms with Crippen LogP contribution in [0.15, 0.2) is 48.8 Å². The number of aromatic nitrogens is 5. The van der Waals surface area contributed by atoms with Crippen molar-refractivity contribution in [3.8, 4) is 11.4 Å². The molecule has 0 bridgehead atoms. The molecule has 2 aromatic carbocycles. The molecule has 0 saturated heterocycles. The topological polar surface area (TPSA) is 74.8 Å². The van der Waals surface area contributed by atoms with Gasteiger partial charge < -0.3 is 4.74 Å². The second kappa shape index (κ2) is 7.63. The molecule has 0 fully saturated rings. The number of nitrogens with zero attached hydrogens (tertiary/aromatic N) is 5. The van der Waals surface area contributed by atoms with Gasteiger partial charge in [-0.2, -0.15) is 0 Å². The van der Waals surface area contributed by atoms with Gasteiger partial charge in [-0.15, -0.1) is 5.10 Å². The van der Waals surface area contributed by atoms with E-state index in [0.717, 1.165) is 17.0 Å². The lowest BCUT2D eigenvalue weighted by atomic mass is 10.1. The number of fused-ring (bicyclic) bond motifs is 5. The lowest BCUT2D eigenvalue weighted by Crippen LogP contribution is -2.11. The number of imidazole rings is 1. The maximum Gasteiger partial charge on any atom is 0.358 e. The molecule has 156 valence electrons. The van der Waals surface area contributed by atoms with Crippen LogP contribution >= 0.6 is 11.6 Å². The number of halogens is 2. The number of hydrogen-bond donors (Lipinski definition) is 0. The molecule has 0 amide bonds. The summed E-state index contributed by atoms with van der Waals surface area (Å²) in [6.45, 7) is 1.99. The van der Waals surface area contributed by atoms with Crippen molar-refractivity contribution in [3.63, 3.8) is 0 Å². The van der Waals surface area contributed by atoms with Gasteiger partial charge in [-0.05, 0) is 36.8 Å². The fourth-order valence-electron chi connectivity index (χ4n) is 3.78. The van der Waals surface area contributed by atoms with E-state index in [9.17, 15) is 9.18 Å². The molecule has 0 atom stereocenters. The van der Waals surface area contributed by atoms with E-state index >= 15 is 0 Å². The minimum absolute atomic E-state index is 0.226. The van der Waals surface area contributed by atoms with E-state index in [4.69, 9.17) is 16.3 Å². The summed E-state index contributed by atoms with van der Waals surface area (Å²) < 4.78 is 22.7. The van der Waals surface area contributed by atoms with Gasteiger partial charge in [0.1, 0.15) is 12.1 Å². The molecule has 3 heterocycles. The van der Waals surface area contributed by atoms with Gasteiger partial charge in [0.05, 0.1) is 35.1 Å². The van der Waals surface area contributed by atoms with Crippen molar-refractivity contribution in [2.24, 2.45) is 0 Å². The first-order valence-electron chi connectivity index (χ1n) is 9.76. The van der Waals surface area contributed by atoms with Crippen molar-refractivity contribution >= 4 is 17.6 Å². The molecule has 1 aliphatic rings. The molecule has 0 radical (unpaired) electrons. The second-order valence-electron chi connectivity index (χ2n) is 7.14. The van der Waals surface area contributed by atoms with Crippen molar-refractivity contribution in [1.82, 2.24) is 24.5 Å². The Labute approximate surface area is 182 Å². The highest BCUT2D eigenvalue weighted by molar-refractivity contribution is 6.30. The summed E-state index contributed by atoms with van der Waals surface area (Å²) in [5, 5.41) is 9.33. The monoisotopic (exact) mass is 437 g/mol. The van der Waals surface area contributed by atoms with Crippen LogP contribution in [0.4, 0.5) is 4.39 Å². The van der Waals surface area contributed by atoms with Crippen LogP contribution in [0, 0.1) is 5.82 Å². The van der Waals surface area contributed by atoms with Gasteiger partial charge in [0.15, 0.2) is 5.69 Å². The summed E-state index contributed by atoms with van der Waals surface area (Å²) in [5.41, 5.74) is 4.54. The zero-order chi connectivity index (χ0) is 21.5. The Morgan fingerprint density at radius 2 is 1.97 bits per heavy atom. The number of hydrogen-bond acceptors (Lipinski definition) is 5. The van der Waals surface area contributed by atoms with Gasteiger partial charge >= 0.3 is 5.97 Å². The van der Waals surface area contributed by atoms with E-state index in [-0.39, 0.29) is 12.3 Å². The van der Waals surface area contributed by atoms with Gasteiger partial charge in [-0.3, -0.25) is 4.57 Å². The first-order valence-corrected chi connectivity index (χ1v) is 10.1. The van der Waals surface area contributed by atoms with Crippen LogP contribution < -0.4 is 0 Å².